The Labute approximate surface area is 115 Å². The van der Waals surface area contributed by atoms with E-state index in [0.29, 0.717) is 11.3 Å². The lowest BCUT2D eigenvalue weighted by molar-refractivity contribution is 0.512. The Morgan fingerprint density at radius 1 is 1.16 bits per heavy atom. The molecule has 19 heavy (non-hydrogen) atoms. The molecule has 0 atom stereocenters. The molecule has 0 aromatic heterocycles. The van der Waals surface area contributed by atoms with Crippen molar-refractivity contribution in [3.63, 3.8) is 0 Å². The second-order valence-electron chi connectivity index (χ2n) is 4.14. The standard InChI is InChI=1S/C14H12F2N2S/c1-8-5-6-11(9(7-8)14(17)19)18-12-4-2-3-10(15)13(12)16/h2-7,18H,1H3,(H2,17,19). The van der Waals surface area contributed by atoms with Gasteiger partial charge in [-0.1, -0.05) is 29.9 Å². The first-order valence-electron chi connectivity index (χ1n) is 5.60. The number of hydrogen-bond donors (Lipinski definition) is 2. The van der Waals surface area contributed by atoms with Crippen molar-refractivity contribution in [2.75, 3.05) is 5.32 Å². The molecule has 0 unspecified atom stereocenters. The molecule has 2 aromatic carbocycles. The zero-order chi connectivity index (χ0) is 14.0. The average Bonchev–Trinajstić information content (AvgIpc) is 2.36. The number of benzene rings is 2. The Kier molecular flexibility index (Phi) is 3.76. The molecule has 0 fully saturated rings. The second-order valence-corrected chi connectivity index (χ2v) is 4.58. The van der Waals surface area contributed by atoms with Crippen LogP contribution in [0.3, 0.4) is 0 Å². The van der Waals surface area contributed by atoms with E-state index >= 15 is 0 Å². The predicted octanol–water partition coefficient (Wildman–Crippen LogP) is 3.65. The molecule has 0 heterocycles. The van der Waals surface area contributed by atoms with Gasteiger partial charge in [-0.3, -0.25) is 0 Å². The number of rotatable bonds is 3. The summed E-state index contributed by atoms with van der Waals surface area (Å²) >= 11 is 4.95. The molecule has 0 radical (unpaired) electrons. The minimum absolute atomic E-state index is 0.0429. The van der Waals surface area contributed by atoms with Crippen molar-refractivity contribution in [1.82, 2.24) is 0 Å². The quantitative estimate of drug-likeness (QED) is 0.842. The number of aryl methyl sites for hydroxylation is 1. The van der Waals surface area contributed by atoms with Crippen LogP contribution in [0.1, 0.15) is 11.1 Å². The van der Waals surface area contributed by atoms with E-state index in [1.165, 1.54) is 12.1 Å². The summed E-state index contributed by atoms with van der Waals surface area (Å²) < 4.78 is 26.7. The molecule has 2 aromatic rings. The number of hydrogen-bond acceptors (Lipinski definition) is 2. The topological polar surface area (TPSA) is 38.0 Å². The second kappa shape index (κ2) is 5.32. The fourth-order valence-corrected chi connectivity index (χ4v) is 1.89. The molecule has 0 saturated heterocycles. The van der Waals surface area contributed by atoms with Gasteiger partial charge in [-0.05, 0) is 31.2 Å². The monoisotopic (exact) mass is 278 g/mol. The van der Waals surface area contributed by atoms with Crippen molar-refractivity contribution >= 4 is 28.6 Å². The molecule has 98 valence electrons. The van der Waals surface area contributed by atoms with Crippen LogP contribution in [0.15, 0.2) is 36.4 Å². The Balaban J connectivity index is 2.44. The molecule has 0 aliphatic heterocycles. The van der Waals surface area contributed by atoms with Gasteiger partial charge in [0.05, 0.1) is 5.69 Å². The van der Waals surface area contributed by atoms with E-state index in [2.05, 4.69) is 5.32 Å². The van der Waals surface area contributed by atoms with E-state index in [1.807, 2.05) is 13.0 Å². The predicted molar refractivity (Wildman–Crippen MR) is 76.7 cm³/mol. The van der Waals surface area contributed by atoms with Gasteiger partial charge in [-0.2, -0.15) is 0 Å². The van der Waals surface area contributed by atoms with Gasteiger partial charge in [0.25, 0.3) is 0 Å². The summed E-state index contributed by atoms with van der Waals surface area (Å²) in [6.45, 7) is 1.90. The molecule has 0 aliphatic carbocycles. The van der Waals surface area contributed by atoms with Gasteiger partial charge >= 0.3 is 0 Å². The molecule has 0 aliphatic rings. The van der Waals surface area contributed by atoms with E-state index in [9.17, 15) is 8.78 Å². The molecule has 5 heteroatoms. The molecule has 2 nitrogen and oxygen atoms in total. The van der Waals surface area contributed by atoms with Gasteiger partial charge in [0.15, 0.2) is 11.6 Å². The van der Waals surface area contributed by atoms with Gasteiger partial charge in [-0.25, -0.2) is 8.78 Å². The van der Waals surface area contributed by atoms with Crippen LogP contribution in [0, 0.1) is 18.6 Å². The minimum Gasteiger partial charge on any atom is -0.389 e. The van der Waals surface area contributed by atoms with Crippen molar-refractivity contribution in [3.8, 4) is 0 Å². The van der Waals surface area contributed by atoms with Crippen molar-refractivity contribution < 1.29 is 8.78 Å². The number of nitrogens with one attached hydrogen (secondary N) is 1. The molecule has 3 N–H and O–H groups in total. The smallest absolute Gasteiger partial charge is 0.182 e. The minimum atomic E-state index is -0.933. The number of halogens is 2. The first-order chi connectivity index (χ1) is 8.99. The molecule has 0 bridgehead atoms. The van der Waals surface area contributed by atoms with Crippen LogP contribution in [0.25, 0.3) is 0 Å². The fourth-order valence-electron chi connectivity index (χ4n) is 1.72. The Hall–Kier alpha value is -2.01. The Morgan fingerprint density at radius 2 is 1.89 bits per heavy atom. The third-order valence-corrected chi connectivity index (χ3v) is 2.88. The van der Waals surface area contributed by atoms with Crippen molar-refractivity contribution in [3.05, 3.63) is 59.2 Å². The van der Waals surface area contributed by atoms with Crippen molar-refractivity contribution in [2.45, 2.75) is 6.92 Å². The van der Waals surface area contributed by atoms with Crippen LogP contribution < -0.4 is 11.1 Å². The number of thiocarbonyl (C=S) groups is 1. The molecule has 2 rings (SSSR count). The fraction of sp³-hybridized carbons (Fsp3) is 0.0714. The lowest BCUT2D eigenvalue weighted by atomic mass is 10.1. The number of nitrogens with two attached hydrogens (primary N) is 1. The Morgan fingerprint density at radius 3 is 2.58 bits per heavy atom. The van der Waals surface area contributed by atoms with Crippen LogP contribution in [-0.4, -0.2) is 4.99 Å². The van der Waals surface area contributed by atoms with Crippen LogP contribution in [0.5, 0.6) is 0 Å². The van der Waals surface area contributed by atoms with Crippen LogP contribution in [0.4, 0.5) is 20.2 Å². The molecule has 0 saturated carbocycles. The highest BCUT2D eigenvalue weighted by Crippen LogP contribution is 2.25. The lowest BCUT2D eigenvalue weighted by Gasteiger charge is -2.13. The summed E-state index contributed by atoms with van der Waals surface area (Å²) in [5.74, 6) is -1.84. The van der Waals surface area contributed by atoms with Crippen molar-refractivity contribution in [1.29, 1.82) is 0 Å². The van der Waals surface area contributed by atoms with E-state index in [-0.39, 0.29) is 10.7 Å². The van der Waals surface area contributed by atoms with Crippen LogP contribution in [0.2, 0.25) is 0 Å². The van der Waals surface area contributed by atoms with Gasteiger partial charge in [0.2, 0.25) is 0 Å². The highest BCUT2D eigenvalue weighted by Gasteiger charge is 2.11. The van der Waals surface area contributed by atoms with Crippen LogP contribution in [-0.2, 0) is 0 Å². The maximum Gasteiger partial charge on any atom is 0.182 e. The van der Waals surface area contributed by atoms with E-state index in [0.717, 1.165) is 11.6 Å². The third-order valence-electron chi connectivity index (χ3n) is 2.66. The average molecular weight is 278 g/mol. The van der Waals surface area contributed by atoms with Gasteiger partial charge in [0, 0.05) is 11.3 Å². The van der Waals surface area contributed by atoms with Crippen LogP contribution >= 0.6 is 12.2 Å². The summed E-state index contributed by atoms with van der Waals surface area (Å²) in [6.07, 6.45) is 0. The summed E-state index contributed by atoms with van der Waals surface area (Å²) in [6, 6.07) is 9.29. The molecular formula is C14H12F2N2S. The van der Waals surface area contributed by atoms with Gasteiger partial charge in [-0.15, -0.1) is 0 Å². The largest absolute Gasteiger partial charge is 0.389 e. The molecule has 0 amide bonds. The van der Waals surface area contributed by atoms with E-state index in [1.54, 1.807) is 12.1 Å². The first kappa shape index (κ1) is 13.4. The van der Waals surface area contributed by atoms with Gasteiger partial charge in [0.1, 0.15) is 4.99 Å². The lowest BCUT2D eigenvalue weighted by Crippen LogP contribution is -2.12. The number of anilines is 2. The highest BCUT2D eigenvalue weighted by atomic mass is 32.1. The third kappa shape index (κ3) is 2.88. The summed E-state index contributed by atoms with van der Waals surface area (Å²) in [7, 11) is 0. The maximum atomic E-state index is 13.6. The van der Waals surface area contributed by atoms with E-state index in [4.69, 9.17) is 18.0 Å². The zero-order valence-electron chi connectivity index (χ0n) is 10.2. The Bertz CT molecular complexity index is 641. The molecular weight excluding hydrogens is 266 g/mol. The summed E-state index contributed by atoms with van der Waals surface area (Å²) in [4.78, 5) is 0.197. The maximum absolute atomic E-state index is 13.6. The normalized spacial score (nSPS) is 10.3. The molecule has 0 spiro atoms. The first-order valence-corrected chi connectivity index (χ1v) is 6.01. The highest BCUT2D eigenvalue weighted by molar-refractivity contribution is 7.80. The van der Waals surface area contributed by atoms with Crippen molar-refractivity contribution in [2.24, 2.45) is 5.73 Å². The zero-order valence-corrected chi connectivity index (χ0v) is 11.0. The van der Waals surface area contributed by atoms with Gasteiger partial charge < -0.3 is 11.1 Å². The summed E-state index contributed by atoms with van der Waals surface area (Å²) in [5.41, 5.74) is 7.79. The SMILES string of the molecule is Cc1ccc(Nc2cccc(F)c2F)c(C(N)=S)c1. The summed E-state index contributed by atoms with van der Waals surface area (Å²) in [5, 5.41) is 2.81. The van der Waals surface area contributed by atoms with E-state index < -0.39 is 11.6 Å².